The van der Waals surface area contributed by atoms with Crippen LogP contribution in [0.3, 0.4) is 0 Å². The maximum Gasteiger partial charge on any atom is 0.149 e. The van der Waals surface area contributed by atoms with Crippen molar-refractivity contribution >= 4 is 0 Å². The minimum atomic E-state index is 0.867. The molecule has 0 saturated carbocycles. The summed E-state index contributed by atoms with van der Waals surface area (Å²) in [5, 5.41) is 4.27. The van der Waals surface area contributed by atoms with Crippen molar-refractivity contribution in [2.24, 2.45) is 0 Å². The zero-order valence-corrected chi connectivity index (χ0v) is 13.2. The second-order valence-corrected chi connectivity index (χ2v) is 5.73. The van der Waals surface area contributed by atoms with Crippen LogP contribution in [0, 0.1) is 0 Å². The third kappa shape index (κ3) is 3.87. The first-order valence-corrected chi connectivity index (χ1v) is 8.18. The van der Waals surface area contributed by atoms with E-state index >= 15 is 0 Å². The van der Waals surface area contributed by atoms with Crippen molar-refractivity contribution in [3.63, 3.8) is 0 Å². The van der Waals surface area contributed by atoms with Gasteiger partial charge in [-0.15, -0.1) is 0 Å². The number of hydrogen-bond donors (Lipinski definition) is 0. The summed E-state index contributed by atoms with van der Waals surface area (Å²) in [5.74, 6) is 0.908. The Labute approximate surface area is 133 Å². The summed E-state index contributed by atoms with van der Waals surface area (Å²) in [6, 6.07) is 19.0. The van der Waals surface area contributed by atoms with Crippen LogP contribution in [0.15, 0.2) is 54.6 Å². The van der Waals surface area contributed by atoms with Crippen LogP contribution in [0.25, 0.3) is 0 Å². The minimum Gasteiger partial charge on any atom is -0.391 e. The Morgan fingerprint density at radius 1 is 0.909 bits per heavy atom. The Bertz CT molecular complexity index is 562. The highest BCUT2D eigenvalue weighted by Gasteiger charge is 2.19. The molecule has 1 aliphatic rings. The van der Waals surface area contributed by atoms with Crippen molar-refractivity contribution < 1.29 is 4.84 Å². The van der Waals surface area contributed by atoms with E-state index in [9.17, 15) is 0 Å². The van der Waals surface area contributed by atoms with E-state index in [1.54, 1.807) is 0 Å². The van der Waals surface area contributed by atoms with Crippen molar-refractivity contribution in [2.75, 3.05) is 19.6 Å². The lowest BCUT2D eigenvalue weighted by Gasteiger charge is -2.29. The molecule has 1 heterocycles. The number of hydroxylamine groups is 1. The van der Waals surface area contributed by atoms with Crippen molar-refractivity contribution in [3.05, 3.63) is 65.7 Å². The van der Waals surface area contributed by atoms with Gasteiger partial charge in [-0.1, -0.05) is 47.6 Å². The second-order valence-electron chi connectivity index (χ2n) is 5.73. The van der Waals surface area contributed by atoms with Gasteiger partial charge in [-0.2, -0.15) is 0 Å². The quantitative estimate of drug-likeness (QED) is 0.752. The summed E-state index contributed by atoms with van der Waals surface area (Å²) >= 11 is 0. The number of rotatable bonds is 6. The van der Waals surface area contributed by atoms with Gasteiger partial charge in [-0.05, 0) is 49.4 Å². The van der Waals surface area contributed by atoms with Crippen molar-refractivity contribution in [1.29, 1.82) is 0 Å². The summed E-state index contributed by atoms with van der Waals surface area (Å²) in [6.45, 7) is 5.19. The lowest BCUT2D eigenvalue weighted by molar-refractivity contribution is -0.207. The molecule has 0 unspecified atom stereocenters. The van der Waals surface area contributed by atoms with Gasteiger partial charge in [0.25, 0.3) is 0 Å². The highest BCUT2D eigenvalue weighted by molar-refractivity contribution is 5.31. The minimum absolute atomic E-state index is 0.867. The fourth-order valence-corrected chi connectivity index (χ4v) is 2.87. The third-order valence-corrected chi connectivity index (χ3v) is 4.05. The number of hydrazine groups is 1. The van der Waals surface area contributed by atoms with Crippen LogP contribution in [0.4, 0.5) is 0 Å². The molecular weight excluding hydrogens is 272 g/mol. The number of hydrogen-bond acceptors (Lipinski definition) is 3. The number of nitrogens with zero attached hydrogens (tertiary/aromatic N) is 2. The predicted molar refractivity (Wildman–Crippen MR) is 89.5 cm³/mol. The second kappa shape index (κ2) is 7.43. The van der Waals surface area contributed by atoms with Gasteiger partial charge in [0.2, 0.25) is 0 Å². The van der Waals surface area contributed by atoms with E-state index < -0.39 is 0 Å². The molecule has 0 spiro atoms. The van der Waals surface area contributed by atoms with E-state index in [-0.39, 0.29) is 0 Å². The van der Waals surface area contributed by atoms with Crippen LogP contribution in [0.5, 0.6) is 5.75 Å². The SMILES string of the molecule is CCN(Oc1ccc(Cc2ccccc2)cc1)N1CCCC1. The van der Waals surface area contributed by atoms with Crippen molar-refractivity contribution in [1.82, 2.24) is 10.2 Å². The molecule has 0 aromatic heterocycles. The molecule has 3 heteroatoms. The molecule has 1 aliphatic heterocycles. The van der Waals surface area contributed by atoms with E-state index in [1.807, 2.05) is 5.17 Å². The summed E-state index contributed by atoms with van der Waals surface area (Å²) in [7, 11) is 0. The molecule has 22 heavy (non-hydrogen) atoms. The molecule has 1 fully saturated rings. The first-order chi connectivity index (χ1) is 10.8. The van der Waals surface area contributed by atoms with Crippen LogP contribution >= 0.6 is 0 Å². The van der Waals surface area contributed by atoms with Gasteiger partial charge >= 0.3 is 0 Å². The molecule has 3 rings (SSSR count). The molecule has 0 radical (unpaired) electrons. The summed E-state index contributed by atoms with van der Waals surface area (Å²) in [6.07, 6.45) is 3.48. The Balaban J connectivity index is 1.61. The summed E-state index contributed by atoms with van der Waals surface area (Å²) in [5.41, 5.74) is 2.64. The molecule has 0 aliphatic carbocycles. The summed E-state index contributed by atoms with van der Waals surface area (Å²) in [4.78, 5) is 6.01. The molecule has 0 amide bonds. The topological polar surface area (TPSA) is 15.7 Å². The number of benzene rings is 2. The molecule has 2 aromatic rings. The average Bonchev–Trinajstić information content (AvgIpc) is 3.09. The van der Waals surface area contributed by atoms with Gasteiger partial charge in [0, 0.05) is 19.6 Å². The van der Waals surface area contributed by atoms with Crippen molar-refractivity contribution in [2.45, 2.75) is 26.2 Å². The van der Waals surface area contributed by atoms with Gasteiger partial charge < -0.3 is 4.84 Å². The Hall–Kier alpha value is -1.84. The molecule has 0 atom stereocenters. The molecule has 116 valence electrons. The fourth-order valence-electron chi connectivity index (χ4n) is 2.87. The van der Waals surface area contributed by atoms with Crippen LogP contribution in [0.1, 0.15) is 30.9 Å². The smallest absolute Gasteiger partial charge is 0.149 e. The van der Waals surface area contributed by atoms with E-state index in [0.29, 0.717) is 0 Å². The monoisotopic (exact) mass is 296 g/mol. The fraction of sp³-hybridized carbons (Fsp3) is 0.368. The Morgan fingerprint density at radius 3 is 2.18 bits per heavy atom. The van der Waals surface area contributed by atoms with Crippen LogP contribution in [-0.4, -0.2) is 29.8 Å². The maximum absolute atomic E-state index is 6.01. The Kier molecular flexibility index (Phi) is 5.09. The molecule has 2 aromatic carbocycles. The van der Waals surface area contributed by atoms with E-state index in [2.05, 4.69) is 66.5 Å². The van der Waals surface area contributed by atoms with Gasteiger partial charge in [0.05, 0.1) is 0 Å². The van der Waals surface area contributed by atoms with Crippen LogP contribution in [0.2, 0.25) is 0 Å². The van der Waals surface area contributed by atoms with E-state index in [1.165, 1.54) is 24.0 Å². The average molecular weight is 296 g/mol. The largest absolute Gasteiger partial charge is 0.391 e. The predicted octanol–water partition coefficient (Wildman–Crippen LogP) is 3.90. The zero-order chi connectivity index (χ0) is 15.2. The lowest BCUT2D eigenvalue weighted by atomic mass is 10.1. The lowest BCUT2D eigenvalue weighted by Crippen LogP contribution is -2.42. The van der Waals surface area contributed by atoms with Gasteiger partial charge in [-0.3, -0.25) is 0 Å². The van der Waals surface area contributed by atoms with Gasteiger partial charge in [0.1, 0.15) is 5.75 Å². The third-order valence-electron chi connectivity index (χ3n) is 4.05. The summed E-state index contributed by atoms with van der Waals surface area (Å²) < 4.78 is 0. The van der Waals surface area contributed by atoms with Crippen LogP contribution < -0.4 is 4.84 Å². The highest BCUT2D eigenvalue weighted by atomic mass is 16.7. The van der Waals surface area contributed by atoms with E-state index in [4.69, 9.17) is 4.84 Å². The highest BCUT2D eigenvalue weighted by Crippen LogP contribution is 2.18. The first-order valence-electron chi connectivity index (χ1n) is 8.18. The normalized spacial score (nSPS) is 15.4. The zero-order valence-electron chi connectivity index (χ0n) is 13.2. The standard InChI is InChI=1S/C19H24N2O/c1-2-21(20-14-6-7-15-20)22-19-12-10-18(11-13-19)16-17-8-4-3-5-9-17/h3-5,8-13H,2,6-7,14-16H2,1H3. The molecule has 3 nitrogen and oxygen atoms in total. The van der Waals surface area contributed by atoms with Gasteiger partial charge in [-0.25, -0.2) is 5.01 Å². The maximum atomic E-state index is 6.01. The Morgan fingerprint density at radius 2 is 1.55 bits per heavy atom. The van der Waals surface area contributed by atoms with Crippen LogP contribution in [-0.2, 0) is 6.42 Å². The van der Waals surface area contributed by atoms with Gasteiger partial charge in [0.15, 0.2) is 0 Å². The van der Waals surface area contributed by atoms with Crippen molar-refractivity contribution in [3.8, 4) is 5.75 Å². The molecule has 0 bridgehead atoms. The van der Waals surface area contributed by atoms with E-state index in [0.717, 1.165) is 31.8 Å². The first kappa shape index (κ1) is 15.1. The molecule has 0 N–H and O–H groups in total. The molecular formula is C19H24N2O. The molecule has 1 saturated heterocycles.